The summed E-state index contributed by atoms with van der Waals surface area (Å²) in [5, 5.41) is 0. The van der Waals surface area contributed by atoms with Gasteiger partial charge in [-0.15, -0.1) is 0 Å². The average molecular weight is 419 g/mol. The number of imidazole rings is 1. The fourth-order valence-corrected chi connectivity index (χ4v) is 5.46. The highest BCUT2D eigenvalue weighted by Crippen LogP contribution is 2.49. The molecule has 1 amide bonds. The number of hydrogen-bond donors (Lipinski definition) is 1. The van der Waals surface area contributed by atoms with Gasteiger partial charge in [-0.25, -0.2) is 9.13 Å². The lowest BCUT2D eigenvalue weighted by Gasteiger charge is -2.37. The van der Waals surface area contributed by atoms with E-state index in [1.54, 1.807) is 7.11 Å². The van der Waals surface area contributed by atoms with Crippen LogP contribution in [-0.4, -0.2) is 24.2 Å². The minimum absolute atomic E-state index is 0.133. The zero-order valence-electron chi connectivity index (χ0n) is 18.4. The largest absolute Gasteiger partial charge is 0.381 e. The number of hydrogen-bond acceptors (Lipinski definition) is 2. The number of carbonyl (C=O) groups is 1. The molecule has 3 aromatic rings. The van der Waals surface area contributed by atoms with Gasteiger partial charge in [0.05, 0.1) is 6.61 Å². The normalized spacial score (nSPS) is 18.9. The minimum atomic E-state index is -0.829. The highest BCUT2D eigenvalue weighted by molar-refractivity contribution is 5.91. The molecule has 5 heteroatoms. The van der Waals surface area contributed by atoms with Crippen LogP contribution in [-0.2, 0) is 21.5 Å². The Hall–Kier alpha value is -2.92. The van der Waals surface area contributed by atoms with Crippen LogP contribution in [0.2, 0.25) is 0 Å². The molecule has 0 saturated heterocycles. The topological polar surface area (TPSA) is 61.1 Å². The van der Waals surface area contributed by atoms with Gasteiger partial charge in [0.2, 0.25) is 5.91 Å². The van der Waals surface area contributed by atoms with Gasteiger partial charge in [-0.2, -0.15) is 0 Å². The van der Waals surface area contributed by atoms with E-state index >= 15 is 0 Å². The molecule has 0 unspecified atom stereocenters. The Labute approximate surface area is 184 Å². The standard InChI is InChI=1S/C26H31N3O2/c1-20-28(17-18-31-2)15-16-29(20)24-14-13-23(19-24)26(25(27)30,21-9-5-3-6-10-21)22-11-7-4-8-12-22/h3-12,15-16,23-24H,13-14,17-19H2,1-2H3,(H-,27,30)/p+1/t23-,24+/m1/s1. The molecule has 0 aliphatic heterocycles. The monoisotopic (exact) mass is 418 g/mol. The van der Waals surface area contributed by atoms with E-state index in [1.807, 2.05) is 60.7 Å². The second-order valence-electron chi connectivity index (χ2n) is 8.51. The number of amides is 1. The minimum Gasteiger partial charge on any atom is -0.381 e. The quantitative estimate of drug-likeness (QED) is 0.569. The molecule has 5 nitrogen and oxygen atoms in total. The summed E-state index contributed by atoms with van der Waals surface area (Å²) < 4.78 is 9.83. The number of benzene rings is 2. The van der Waals surface area contributed by atoms with Gasteiger partial charge in [0.25, 0.3) is 5.82 Å². The molecule has 0 spiro atoms. The van der Waals surface area contributed by atoms with Gasteiger partial charge in [-0.1, -0.05) is 60.7 Å². The Morgan fingerprint density at radius 1 is 1.10 bits per heavy atom. The molecule has 4 rings (SSSR count). The molecule has 0 radical (unpaired) electrons. The summed E-state index contributed by atoms with van der Waals surface area (Å²) in [6.45, 7) is 3.68. The average Bonchev–Trinajstić information content (AvgIpc) is 3.41. The summed E-state index contributed by atoms with van der Waals surface area (Å²) in [6.07, 6.45) is 7.17. The fourth-order valence-electron chi connectivity index (χ4n) is 5.46. The first-order valence-electron chi connectivity index (χ1n) is 11.1. The van der Waals surface area contributed by atoms with Crippen LogP contribution < -0.4 is 10.3 Å². The summed E-state index contributed by atoms with van der Waals surface area (Å²) in [7, 11) is 1.73. The number of nitrogens with zero attached hydrogens (tertiary/aromatic N) is 2. The summed E-state index contributed by atoms with van der Waals surface area (Å²) in [6, 6.07) is 20.5. The van der Waals surface area contributed by atoms with Gasteiger partial charge in [0.15, 0.2) is 0 Å². The molecule has 1 saturated carbocycles. The third kappa shape index (κ3) is 3.79. The Balaban J connectivity index is 1.72. The first-order valence-corrected chi connectivity index (χ1v) is 11.1. The van der Waals surface area contributed by atoms with Crippen molar-refractivity contribution in [1.29, 1.82) is 0 Å². The Morgan fingerprint density at radius 3 is 2.26 bits per heavy atom. The van der Waals surface area contributed by atoms with E-state index < -0.39 is 5.41 Å². The lowest BCUT2D eigenvalue weighted by atomic mass is 9.64. The molecule has 162 valence electrons. The SMILES string of the molecule is COCC[n+]1ccn([C@H]2CC[C@@H](C(C(N)=O)(c3ccccc3)c3ccccc3)C2)c1C. The number of primary amides is 1. The van der Waals surface area contributed by atoms with Crippen LogP contribution in [0.3, 0.4) is 0 Å². The van der Waals surface area contributed by atoms with Crippen LogP contribution in [0.5, 0.6) is 0 Å². The van der Waals surface area contributed by atoms with Crippen LogP contribution in [0.15, 0.2) is 73.1 Å². The van der Waals surface area contributed by atoms with E-state index in [1.165, 1.54) is 5.82 Å². The smallest absolute Gasteiger partial charge is 0.253 e. The molecule has 2 aromatic carbocycles. The van der Waals surface area contributed by atoms with E-state index in [0.717, 1.165) is 36.9 Å². The predicted octanol–water partition coefficient (Wildman–Crippen LogP) is 3.54. The maximum Gasteiger partial charge on any atom is 0.253 e. The van der Waals surface area contributed by atoms with Gasteiger partial charge >= 0.3 is 0 Å². The first kappa shape index (κ1) is 21.3. The van der Waals surface area contributed by atoms with Crippen LogP contribution >= 0.6 is 0 Å². The highest BCUT2D eigenvalue weighted by Gasteiger charge is 2.51. The zero-order chi connectivity index (χ0) is 21.8. The zero-order valence-corrected chi connectivity index (χ0v) is 18.4. The summed E-state index contributed by atoms with van der Waals surface area (Å²) in [5.41, 5.74) is 7.37. The lowest BCUT2D eigenvalue weighted by molar-refractivity contribution is -0.703. The number of aromatic nitrogens is 2. The maximum absolute atomic E-state index is 13.2. The molecular formula is C26H32N3O2+. The van der Waals surface area contributed by atoms with E-state index in [2.05, 4.69) is 28.5 Å². The highest BCUT2D eigenvalue weighted by atomic mass is 16.5. The Kier molecular flexibility index (Phi) is 6.23. The first-order chi connectivity index (χ1) is 15.1. The molecule has 31 heavy (non-hydrogen) atoms. The van der Waals surface area contributed by atoms with E-state index in [-0.39, 0.29) is 11.8 Å². The second-order valence-corrected chi connectivity index (χ2v) is 8.51. The van der Waals surface area contributed by atoms with Crippen molar-refractivity contribution in [2.75, 3.05) is 13.7 Å². The number of carbonyl (C=O) groups excluding carboxylic acids is 1. The van der Waals surface area contributed by atoms with Crippen molar-refractivity contribution in [2.24, 2.45) is 11.7 Å². The summed E-state index contributed by atoms with van der Waals surface area (Å²) >= 11 is 0. The molecule has 1 aromatic heterocycles. The molecule has 1 fully saturated rings. The number of rotatable bonds is 8. The lowest BCUT2D eigenvalue weighted by Crippen LogP contribution is -2.47. The summed E-state index contributed by atoms with van der Waals surface area (Å²) in [4.78, 5) is 13.2. The third-order valence-corrected chi connectivity index (χ3v) is 6.99. The maximum atomic E-state index is 13.2. The molecule has 2 N–H and O–H groups in total. The van der Waals surface area contributed by atoms with Crippen molar-refractivity contribution in [3.8, 4) is 0 Å². The van der Waals surface area contributed by atoms with Gasteiger partial charge in [0, 0.05) is 14.0 Å². The molecule has 1 aliphatic rings. The number of methoxy groups -OCH3 is 1. The predicted molar refractivity (Wildman–Crippen MR) is 120 cm³/mol. The van der Waals surface area contributed by atoms with Gasteiger partial charge in [0.1, 0.15) is 30.4 Å². The summed E-state index contributed by atoms with van der Waals surface area (Å²) in [5.74, 6) is 1.08. The van der Waals surface area contributed by atoms with E-state index in [4.69, 9.17) is 10.5 Å². The Bertz CT molecular complexity index is 974. The molecule has 2 atom stereocenters. The van der Waals surface area contributed by atoms with Crippen molar-refractivity contribution >= 4 is 5.91 Å². The van der Waals surface area contributed by atoms with Crippen molar-refractivity contribution in [2.45, 2.75) is 44.2 Å². The molecule has 0 bridgehead atoms. The fraction of sp³-hybridized carbons (Fsp3) is 0.385. The van der Waals surface area contributed by atoms with Gasteiger partial charge in [-0.3, -0.25) is 4.79 Å². The molecule has 1 heterocycles. The number of ether oxygens (including phenoxy) is 1. The van der Waals surface area contributed by atoms with E-state index in [9.17, 15) is 4.79 Å². The van der Waals surface area contributed by atoms with Crippen molar-refractivity contribution < 1.29 is 14.1 Å². The molecule has 1 aliphatic carbocycles. The Morgan fingerprint density at radius 2 is 1.71 bits per heavy atom. The molecular weight excluding hydrogens is 386 g/mol. The van der Waals surface area contributed by atoms with Crippen LogP contribution in [0.25, 0.3) is 0 Å². The van der Waals surface area contributed by atoms with Gasteiger partial charge < -0.3 is 10.5 Å². The number of nitrogens with two attached hydrogens (primary N) is 1. The third-order valence-electron chi connectivity index (χ3n) is 6.99. The van der Waals surface area contributed by atoms with Gasteiger partial charge in [-0.05, 0) is 36.3 Å². The van der Waals surface area contributed by atoms with Crippen molar-refractivity contribution in [1.82, 2.24) is 4.57 Å². The van der Waals surface area contributed by atoms with Crippen LogP contribution in [0, 0.1) is 12.8 Å². The van der Waals surface area contributed by atoms with E-state index in [0.29, 0.717) is 12.6 Å². The van der Waals surface area contributed by atoms with Crippen LogP contribution in [0.4, 0.5) is 0 Å². The van der Waals surface area contributed by atoms with Crippen molar-refractivity contribution in [3.05, 3.63) is 90.0 Å². The van der Waals surface area contributed by atoms with Crippen molar-refractivity contribution in [3.63, 3.8) is 0 Å². The second kappa shape index (κ2) is 9.06. The van der Waals surface area contributed by atoms with Crippen LogP contribution in [0.1, 0.15) is 42.3 Å².